The number of hydrogen-bond acceptors (Lipinski definition) is 6. The fourth-order valence-corrected chi connectivity index (χ4v) is 6.09. The topological polar surface area (TPSA) is 113 Å². The molecule has 2 heterocycles. The van der Waals surface area contributed by atoms with Gasteiger partial charge in [-0.25, -0.2) is 23.5 Å². The van der Waals surface area contributed by atoms with Crippen LogP contribution in [0.1, 0.15) is 23.9 Å². The van der Waals surface area contributed by atoms with Gasteiger partial charge in [0.05, 0.1) is 29.0 Å². The van der Waals surface area contributed by atoms with Crippen LogP contribution in [0.5, 0.6) is 11.5 Å². The van der Waals surface area contributed by atoms with Crippen LogP contribution in [0.2, 0.25) is 0 Å². The Bertz CT molecular complexity index is 1720. The summed E-state index contributed by atoms with van der Waals surface area (Å²) in [7, 11) is 1.50. The number of Topliss-reactive ketones (excluding diaryl/α,β-unsaturated/α-hetero) is 1. The molecule has 10 heteroatoms. The number of phenolic OH excluding ortho intramolecular Hbond substituents is 1. The molecule has 9 nitrogen and oxygen atoms in total. The third-order valence-corrected chi connectivity index (χ3v) is 7.96. The number of allylic oxidation sites excluding steroid dienone is 6. The van der Waals surface area contributed by atoms with Gasteiger partial charge in [0.2, 0.25) is 0 Å². The molecule has 186 valence electrons. The molecule has 0 unspecified atom stereocenters. The molecular formula is C27H20IN3O6. The summed E-state index contributed by atoms with van der Waals surface area (Å²) in [5.74, 6) is -1.01. The third kappa shape index (κ3) is 3.42. The van der Waals surface area contributed by atoms with Crippen molar-refractivity contribution in [3.05, 3.63) is 108 Å². The van der Waals surface area contributed by atoms with Gasteiger partial charge >= 0.3 is 11.4 Å². The van der Waals surface area contributed by atoms with E-state index in [0.717, 1.165) is 4.57 Å². The highest BCUT2D eigenvalue weighted by Gasteiger charge is 2.45. The molecule has 0 amide bonds. The van der Waals surface area contributed by atoms with Gasteiger partial charge in [-0.05, 0) is 58.5 Å². The number of aromatic nitrogens is 3. The Labute approximate surface area is 223 Å². The molecule has 0 bridgehead atoms. The maximum absolute atomic E-state index is 13.7. The van der Waals surface area contributed by atoms with E-state index in [1.165, 1.54) is 28.6 Å². The fourth-order valence-electron chi connectivity index (χ4n) is 5.51. The first-order valence-corrected chi connectivity index (χ1v) is 12.7. The predicted molar refractivity (Wildman–Crippen MR) is 143 cm³/mol. The number of ketones is 2. The van der Waals surface area contributed by atoms with Crippen molar-refractivity contribution in [3.63, 3.8) is 0 Å². The first-order valence-electron chi connectivity index (χ1n) is 11.6. The summed E-state index contributed by atoms with van der Waals surface area (Å²) in [6.45, 7) is 0.0959. The van der Waals surface area contributed by atoms with Crippen molar-refractivity contribution in [2.24, 2.45) is 0 Å². The minimum Gasteiger partial charge on any atom is -0.508 e. The number of halogens is 1. The molecule has 0 saturated heterocycles. The average molecular weight is 609 g/mol. The van der Waals surface area contributed by atoms with E-state index in [1.54, 1.807) is 42.5 Å². The first kappa shape index (κ1) is 23.5. The standard InChI is InChI=1S/C27H20IN3O6/c1-37-15-7-8-21(32)17(11-15)23-16-9-10-29-26(35)30(14-5-3-2-4-6-14)27(36)31(29)20(16)12-18-22(33)13-19(28)25(34)24(18)23/h2-9,11,13,20,23,32H,10,12H2,1H3/t20-,23-/m1/s1. The third-order valence-electron chi connectivity index (χ3n) is 7.16. The van der Waals surface area contributed by atoms with E-state index < -0.39 is 23.3 Å². The number of hydrogen-bond donors (Lipinski definition) is 1. The van der Waals surface area contributed by atoms with Crippen molar-refractivity contribution in [2.45, 2.75) is 24.9 Å². The molecule has 3 aromatic rings. The number of benzene rings is 2. The number of nitrogens with zero attached hydrogens (tertiary/aromatic N) is 3. The van der Waals surface area contributed by atoms with Crippen molar-refractivity contribution in [2.75, 3.05) is 7.11 Å². The van der Waals surface area contributed by atoms with Crippen LogP contribution >= 0.6 is 22.6 Å². The molecule has 1 N–H and O–H groups in total. The molecule has 2 atom stereocenters. The van der Waals surface area contributed by atoms with Crippen LogP contribution in [-0.4, -0.2) is 37.7 Å². The minimum atomic E-state index is -0.797. The predicted octanol–water partition coefficient (Wildman–Crippen LogP) is 2.95. The van der Waals surface area contributed by atoms with Crippen LogP contribution in [-0.2, 0) is 16.1 Å². The summed E-state index contributed by atoms with van der Waals surface area (Å²) in [4.78, 5) is 53.6. The Morgan fingerprint density at radius 3 is 2.51 bits per heavy atom. The van der Waals surface area contributed by atoms with Gasteiger partial charge in [0, 0.05) is 35.1 Å². The second-order valence-electron chi connectivity index (χ2n) is 9.02. The number of carbonyl (C=O) groups is 2. The molecule has 0 radical (unpaired) electrons. The normalized spacial score (nSPS) is 20.6. The van der Waals surface area contributed by atoms with E-state index in [9.17, 15) is 24.3 Å². The zero-order valence-corrected chi connectivity index (χ0v) is 21.7. The van der Waals surface area contributed by atoms with E-state index in [1.807, 2.05) is 28.7 Å². The number of fused-ring (bicyclic) bond motifs is 3. The SMILES string of the molecule is COc1ccc(O)c([C@H]2C3=CCn4c(=O)n(-c5ccccc5)c(=O)n4[C@@H]3CC3=C2C(=O)C(I)=CC3=O)c1. The fraction of sp³-hybridized carbons (Fsp3) is 0.185. The lowest BCUT2D eigenvalue weighted by Gasteiger charge is -2.39. The van der Waals surface area contributed by atoms with Crippen LogP contribution in [0.25, 0.3) is 5.69 Å². The molecule has 6 rings (SSSR count). The average Bonchev–Trinajstić information content (AvgIpc) is 3.16. The highest BCUT2D eigenvalue weighted by atomic mass is 127. The van der Waals surface area contributed by atoms with Gasteiger partial charge in [-0.3, -0.25) is 9.59 Å². The Hall–Kier alpha value is -3.93. The Kier molecular flexibility index (Phi) is 5.44. The van der Waals surface area contributed by atoms with E-state index in [0.29, 0.717) is 22.6 Å². The number of phenols is 1. The second-order valence-corrected chi connectivity index (χ2v) is 10.2. The second kappa shape index (κ2) is 8.58. The summed E-state index contributed by atoms with van der Waals surface area (Å²) >= 11 is 1.85. The molecule has 0 spiro atoms. The molecule has 3 aliphatic rings. The number of methoxy groups -OCH3 is 1. The monoisotopic (exact) mass is 609 g/mol. The molecule has 1 aromatic heterocycles. The Morgan fingerprint density at radius 2 is 1.78 bits per heavy atom. The highest BCUT2D eigenvalue weighted by Crippen LogP contribution is 2.52. The molecule has 1 aliphatic heterocycles. The number of para-hydroxylation sites is 1. The van der Waals surface area contributed by atoms with Crippen LogP contribution < -0.4 is 16.1 Å². The van der Waals surface area contributed by atoms with Gasteiger partial charge in [0.1, 0.15) is 11.5 Å². The van der Waals surface area contributed by atoms with Gasteiger partial charge in [-0.1, -0.05) is 24.3 Å². The lowest BCUT2D eigenvalue weighted by Crippen LogP contribution is -2.40. The number of carbonyl (C=O) groups excluding carboxylic acids is 2. The van der Waals surface area contributed by atoms with Gasteiger partial charge in [-0.2, -0.15) is 0 Å². The summed E-state index contributed by atoms with van der Waals surface area (Å²) in [6.07, 6.45) is 3.19. The van der Waals surface area contributed by atoms with E-state index in [4.69, 9.17) is 4.74 Å². The molecule has 0 saturated carbocycles. The van der Waals surface area contributed by atoms with Crippen molar-refractivity contribution in [1.82, 2.24) is 13.9 Å². The number of aromatic hydroxyl groups is 1. The quantitative estimate of drug-likeness (QED) is 0.278. The largest absolute Gasteiger partial charge is 0.508 e. The van der Waals surface area contributed by atoms with Gasteiger partial charge in [-0.15, -0.1) is 0 Å². The van der Waals surface area contributed by atoms with Crippen LogP contribution in [0.15, 0.2) is 90.6 Å². The maximum atomic E-state index is 13.7. The first-order chi connectivity index (χ1) is 17.8. The summed E-state index contributed by atoms with van der Waals surface area (Å²) in [6, 6.07) is 12.6. The van der Waals surface area contributed by atoms with Gasteiger partial charge < -0.3 is 9.84 Å². The van der Waals surface area contributed by atoms with Gasteiger partial charge in [0.15, 0.2) is 11.6 Å². The van der Waals surface area contributed by atoms with Crippen molar-refractivity contribution in [3.8, 4) is 17.2 Å². The van der Waals surface area contributed by atoms with Crippen molar-refractivity contribution < 1.29 is 19.4 Å². The summed E-state index contributed by atoms with van der Waals surface area (Å²) in [5.41, 5.74) is 1.03. The Balaban J connectivity index is 1.61. The number of ether oxygens (including phenoxy) is 1. The molecule has 37 heavy (non-hydrogen) atoms. The lowest BCUT2D eigenvalue weighted by atomic mass is 9.68. The molecule has 0 fully saturated rings. The minimum absolute atomic E-state index is 0.0684. The smallest absolute Gasteiger partial charge is 0.352 e. The molecule has 2 aliphatic carbocycles. The summed E-state index contributed by atoms with van der Waals surface area (Å²) < 4.78 is 9.49. The van der Waals surface area contributed by atoms with Crippen LogP contribution in [0.4, 0.5) is 0 Å². The van der Waals surface area contributed by atoms with Crippen LogP contribution in [0.3, 0.4) is 0 Å². The lowest BCUT2D eigenvalue weighted by molar-refractivity contribution is -0.115. The van der Waals surface area contributed by atoms with E-state index in [2.05, 4.69) is 0 Å². The zero-order chi connectivity index (χ0) is 26.0. The van der Waals surface area contributed by atoms with E-state index >= 15 is 0 Å². The van der Waals surface area contributed by atoms with Crippen LogP contribution in [0, 0.1) is 0 Å². The molecule has 2 aromatic carbocycles. The Morgan fingerprint density at radius 1 is 1.03 bits per heavy atom. The molecular weight excluding hydrogens is 589 g/mol. The van der Waals surface area contributed by atoms with Crippen molar-refractivity contribution in [1.29, 1.82) is 0 Å². The highest BCUT2D eigenvalue weighted by molar-refractivity contribution is 14.1. The maximum Gasteiger partial charge on any atom is 0.352 e. The summed E-state index contributed by atoms with van der Waals surface area (Å²) in [5, 5.41) is 10.9. The van der Waals surface area contributed by atoms with Crippen molar-refractivity contribution >= 4 is 34.2 Å². The van der Waals surface area contributed by atoms with E-state index in [-0.39, 0.29) is 45.0 Å². The zero-order valence-electron chi connectivity index (χ0n) is 19.6. The number of rotatable bonds is 3. The van der Waals surface area contributed by atoms with Gasteiger partial charge in [0.25, 0.3) is 0 Å².